The Morgan fingerprint density at radius 1 is 1.29 bits per heavy atom. The van der Waals surface area contributed by atoms with E-state index in [1.54, 1.807) is 19.2 Å². The van der Waals surface area contributed by atoms with Crippen molar-refractivity contribution in [1.82, 2.24) is 0 Å². The molecule has 0 radical (unpaired) electrons. The molecule has 3 N–H and O–H groups in total. The standard InChI is InChI=1S/C17H19NO3/c1-20-17-10-13(18)14(19)9-12(17)16-8-4-6-11-5-2-3-7-15(11)21-16/h2-3,5,7,9-10,16,19H,4,6,8,18H2,1H3. The van der Waals surface area contributed by atoms with Crippen LogP contribution in [0.15, 0.2) is 36.4 Å². The molecule has 2 aromatic rings. The maximum Gasteiger partial charge on any atom is 0.139 e. The molecule has 21 heavy (non-hydrogen) atoms. The first kappa shape index (κ1) is 13.6. The van der Waals surface area contributed by atoms with Gasteiger partial charge in [-0.25, -0.2) is 0 Å². The third kappa shape index (κ3) is 2.61. The van der Waals surface area contributed by atoms with E-state index in [1.165, 1.54) is 5.56 Å². The fourth-order valence-electron chi connectivity index (χ4n) is 2.76. The number of fused-ring (bicyclic) bond motifs is 1. The van der Waals surface area contributed by atoms with Crippen LogP contribution in [-0.4, -0.2) is 12.2 Å². The van der Waals surface area contributed by atoms with Gasteiger partial charge in [-0.1, -0.05) is 18.2 Å². The number of benzene rings is 2. The molecule has 1 aliphatic heterocycles. The molecule has 4 nitrogen and oxygen atoms in total. The SMILES string of the molecule is COc1cc(N)c(O)cc1C1CCCc2ccccc2O1. The minimum absolute atomic E-state index is 0.0620. The number of phenols is 1. The third-order valence-electron chi connectivity index (χ3n) is 3.88. The maximum atomic E-state index is 9.88. The second-order valence-electron chi connectivity index (χ2n) is 5.26. The van der Waals surface area contributed by atoms with Crippen molar-refractivity contribution in [2.24, 2.45) is 0 Å². The Labute approximate surface area is 124 Å². The van der Waals surface area contributed by atoms with E-state index in [0.717, 1.165) is 30.6 Å². The maximum absolute atomic E-state index is 9.88. The van der Waals surface area contributed by atoms with Gasteiger partial charge >= 0.3 is 0 Å². The fraction of sp³-hybridized carbons (Fsp3) is 0.294. The highest BCUT2D eigenvalue weighted by molar-refractivity contribution is 5.59. The number of aromatic hydroxyl groups is 1. The quantitative estimate of drug-likeness (QED) is 0.655. The van der Waals surface area contributed by atoms with Crippen LogP contribution in [0, 0.1) is 0 Å². The molecule has 1 atom stereocenters. The summed E-state index contributed by atoms with van der Waals surface area (Å²) in [5, 5.41) is 9.88. The minimum Gasteiger partial charge on any atom is -0.506 e. The topological polar surface area (TPSA) is 64.7 Å². The van der Waals surface area contributed by atoms with Crippen molar-refractivity contribution in [2.75, 3.05) is 12.8 Å². The zero-order chi connectivity index (χ0) is 14.8. The molecule has 4 heteroatoms. The zero-order valence-corrected chi connectivity index (χ0v) is 12.0. The lowest BCUT2D eigenvalue weighted by atomic mass is 10.0. The number of phenolic OH excluding ortho intramolecular Hbond substituents is 1. The number of hydrogen-bond acceptors (Lipinski definition) is 4. The van der Waals surface area contributed by atoms with Crippen LogP contribution >= 0.6 is 0 Å². The third-order valence-corrected chi connectivity index (χ3v) is 3.88. The van der Waals surface area contributed by atoms with E-state index in [0.29, 0.717) is 11.4 Å². The molecule has 0 spiro atoms. The number of ether oxygens (including phenoxy) is 2. The van der Waals surface area contributed by atoms with Crippen molar-refractivity contribution in [3.8, 4) is 17.2 Å². The molecule has 110 valence electrons. The second-order valence-corrected chi connectivity index (χ2v) is 5.26. The Morgan fingerprint density at radius 2 is 2.10 bits per heavy atom. The summed E-state index contributed by atoms with van der Waals surface area (Å²) >= 11 is 0. The number of anilines is 1. The van der Waals surface area contributed by atoms with Crippen LogP contribution in [0.2, 0.25) is 0 Å². The number of nitrogens with two attached hydrogens (primary N) is 1. The molecule has 1 heterocycles. The highest BCUT2D eigenvalue weighted by Crippen LogP contribution is 2.40. The molecule has 0 amide bonds. The number of methoxy groups -OCH3 is 1. The molecular weight excluding hydrogens is 266 g/mol. The van der Waals surface area contributed by atoms with Gasteiger partial charge in [0.15, 0.2) is 0 Å². The summed E-state index contributed by atoms with van der Waals surface area (Å²) in [4.78, 5) is 0. The van der Waals surface area contributed by atoms with Crippen molar-refractivity contribution >= 4 is 5.69 Å². The van der Waals surface area contributed by atoms with E-state index in [-0.39, 0.29) is 11.9 Å². The molecule has 0 saturated heterocycles. The smallest absolute Gasteiger partial charge is 0.139 e. The van der Waals surface area contributed by atoms with Crippen LogP contribution in [0.3, 0.4) is 0 Å². The van der Waals surface area contributed by atoms with Gasteiger partial charge in [0.2, 0.25) is 0 Å². The highest BCUT2D eigenvalue weighted by atomic mass is 16.5. The molecule has 0 saturated carbocycles. The second kappa shape index (κ2) is 5.56. The predicted molar refractivity (Wildman–Crippen MR) is 81.8 cm³/mol. The fourth-order valence-corrected chi connectivity index (χ4v) is 2.76. The Hall–Kier alpha value is -2.36. The van der Waals surface area contributed by atoms with Crippen LogP contribution in [0.25, 0.3) is 0 Å². The molecule has 0 aliphatic carbocycles. The average Bonchev–Trinajstić information content (AvgIpc) is 2.71. The van der Waals surface area contributed by atoms with Crippen LogP contribution in [0.1, 0.15) is 30.1 Å². The van der Waals surface area contributed by atoms with Gasteiger partial charge in [0.05, 0.1) is 12.8 Å². The Kier molecular flexibility index (Phi) is 3.60. The van der Waals surface area contributed by atoms with Crippen LogP contribution in [-0.2, 0) is 6.42 Å². The first-order chi connectivity index (χ1) is 10.2. The summed E-state index contributed by atoms with van der Waals surface area (Å²) in [6.07, 6.45) is 2.75. The summed E-state index contributed by atoms with van der Waals surface area (Å²) in [5.74, 6) is 1.61. The number of aryl methyl sites for hydroxylation is 1. The van der Waals surface area contributed by atoms with E-state index in [2.05, 4.69) is 6.07 Å². The van der Waals surface area contributed by atoms with Gasteiger partial charge in [0.1, 0.15) is 23.4 Å². The lowest BCUT2D eigenvalue weighted by Gasteiger charge is -2.21. The van der Waals surface area contributed by atoms with E-state index >= 15 is 0 Å². The minimum atomic E-state index is -0.143. The molecule has 0 aromatic heterocycles. The van der Waals surface area contributed by atoms with Gasteiger partial charge in [-0.2, -0.15) is 0 Å². The molecule has 2 aromatic carbocycles. The molecule has 3 rings (SSSR count). The first-order valence-electron chi connectivity index (χ1n) is 7.10. The van der Waals surface area contributed by atoms with Gasteiger partial charge in [-0.05, 0) is 37.0 Å². The summed E-state index contributed by atoms with van der Waals surface area (Å²) < 4.78 is 11.5. The van der Waals surface area contributed by atoms with Gasteiger partial charge in [0, 0.05) is 11.6 Å². The van der Waals surface area contributed by atoms with E-state index in [4.69, 9.17) is 15.2 Å². The van der Waals surface area contributed by atoms with Gasteiger partial charge in [0.25, 0.3) is 0 Å². The normalized spacial score (nSPS) is 17.5. The highest BCUT2D eigenvalue weighted by Gasteiger charge is 2.23. The van der Waals surface area contributed by atoms with Crippen molar-refractivity contribution in [1.29, 1.82) is 0 Å². The summed E-state index contributed by atoms with van der Waals surface area (Å²) in [7, 11) is 1.60. The summed E-state index contributed by atoms with van der Waals surface area (Å²) in [6, 6.07) is 11.4. The van der Waals surface area contributed by atoms with Crippen molar-refractivity contribution in [3.05, 3.63) is 47.5 Å². The molecule has 0 bridgehead atoms. The lowest BCUT2D eigenvalue weighted by molar-refractivity contribution is 0.194. The largest absolute Gasteiger partial charge is 0.506 e. The van der Waals surface area contributed by atoms with Gasteiger partial charge in [-0.15, -0.1) is 0 Å². The number of nitrogen functional groups attached to an aromatic ring is 1. The average molecular weight is 285 g/mol. The predicted octanol–water partition coefficient (Wildman–Crippen LogP) is 3.44. The number of rotatable bonds is 2. The molecular formula is C17H19NO3. The molecule has 0 fully saturated rings. The monoisotopic (exact) mass is 285 g/mol. The lowest BCUT2D eigenvalue weighted by Crippen LogP contribution is -2.08. The summed E-state index contributed by atoms with van der Waals surface area (Å²) in [6.45, 7) is 0. The number of hydrogen-bond donors (Lipinski definition) is 2. The first-order valence-corrected chi connectivity index (χ1v) is 7.10. The van der Waals surface area contributed by atoms with E-state index in [1.807, 2.05) is 18.2 Å². The van der Waals surface area contributed by atoms with E-state index in [9.17, 15) is 5.11 Å². The van der Waals surface area contributed by atoms with Gasteiger partial charge in [-0.3, -0.25) is 0 Å². The Balaban J connectivity index is 1.99. The van der Waals surface area contributed by atoms with E-state index < -0.39 is 0 Å². The zero-order valence-electron chi connectivity index (χ0n) is 12.0. The van der Waals surface area contributed by atoms with Crippen LogP contribution < -0.4 is 15.2 Å². The Bertz CT molecular complexity index is 654. The van der Waals surface area contributed by atoms with Crippen molar-refractivity contribution < 1.29 is 14.6 Å². The molecule has 1 aliphatic rings. The number of para-hydroxylation sites is 1. The Morgan fingerprint density at radius 3 is 2.90 bits per heavy atom. The molecule has 1 unspecified atom stereocenters. The van der Waals surface area contributed by atoms with Crippen molar-refractivity contribution in [2.45, 2.75) is 25.4 Å². The van der Waals surface area contributed by atoms with Crippen LogP contribution in [0.4, 0.5) is 5.69 Å². The van der Waals surface area contributed by atoms with Crippen LogP contribution in [0.5, 0.6) is 17.2 Å². The van der Waals surface area contributed by atoms with Crippen molar-refractivity contribution in [3.63, 3.8) is 0 Å². The summed E-state index contributed by atoms with van der Waals surface area (Å²) in [5.41, 5.74) is 8.10. The van der Waals surface area contributed by atoms with Gasteiger partial charge < -0.3 is 20.3 Å².